The minimum atomic E-state index is -0.591. The predicted molar refractivity (Wildman–Crippen MR) is 67.2 cm³/mol. The highest BCUT2D eigenvalue weighted by Gasteiger charge is 2.34. The Bertz CT molecular complexity index is 521. The highest BCUT2D eigenvalue weighted by Crippen LogP contribution is 2.31. The van der Waals surface area contributed by atoms with E-state index >= 15 is 0 Å². The van der Waals surface area contributed by atoms with Crippen LogP contribution in [-0.4, -0.2) is 30.5 Å². The second-order valence-electron chi connectivity index (χ2n) is 4.45. The zero-order chi connectivity index (χ0) is 13.8. The fraction of sp³-hybridized carbons (Fsp3) is 0.429. The molecule has 0 saturated heterocycles. The molecule has 0 aromatic heterocycles. The maximum absolute atomic E-state index is 13.9. The Morgan fingerprint density at radius 3 is 2.89 bits per heavy atom. The van der Waals surface area contributed by atoms with Crippen molar-refractivity contribution in [3.05, 3.63) is 29.6 Å². The Morgan fingerprint density at radius 1 is 1.58 bits per heavy atom. The number of methoxy groups -OCH3 is 1. The standard InChI is InChI=1S/C14H15FN2O2/c1-19-12-5-2-4-11(15)13(12)14(18)17(9-3-8-16)10-6-7-10/h2,4-5,10H,3,6-7,9H2,1H3. The third-order valence-electron chi connectivity index (χ3n) is 3.12. The number of amides is 1. The van der Waals surface area contributed by atoms with Crippen molar-refractivity contribution in [2.45, 2.75) is 25.3 Å². The molecule has 1 saturated carbocycles. The molecular formula is C14H15FN2O2. The van der Waals surface area contributed by atoms with Crippen LogP contribution in [0.25, 0.3) is 0 Å². The van der Waals surface area contributed by atoms with E-state index in [2.05, 4.69) is 0 Å². The van der Waals surface area contributed by atoms with Gasteiger partial charge in [0.05, 0.1) is 19.6 Å². The molecule has 0 bridgehead atoms. The molecule has 0 radical (unpaired) electrons. The first-order valence-corrected chi connectivity index (χ1v) is 6.19. The van der Waals surface area contributed by atoms with Crippen molar-refractivity contribution in [2.24, 2.45) is 0 Å². The summed E-state index contributed by atoms with van der Waals surface area (Å²) in [6, 6.07) is 6.45. The van der Waals surface area contributed by atoms with E-state index in [-0.39, 0.29) is 23.8 Å². The molecule has 1 aromatic carbocycles. The van der Waals surface area contributed by atoms with E-state index < -0.39 is 11.7 Å². The monoisotopic (exact) mass is 262 g/mol. The van der Waals surface area contributed by atoms with Gasteiger partial charge < -0.3 is 9.64 Å². The minimum absolute atomic E-state index is 0.0464. The van der Waals surface area contributed by atoms with Gasteiger partial charge in [0.25, 0.3) is 5.91 Å². The Morgan fingerprint density at radius 2 is 2.32 bits per heavy atom. The quantitative estimate of drug-likeness (QED) is 0.818. The molecule has 0 N–H and O–H groups in total. The highest BCUT2D eigenvalue weighted by molar-refractivity contribution is 5.97. The molecule has 1 amide bonds. The van der Waals surface area contributed by atoms with Crippen LogP contribution in [-0.2, 0) is 0 Å². The third-order valence-corrected chi connectivity index (χ3v) is 3.12. The zero-order valence-electron chi connectivity index (χ0n) is 10.7. The summed E-state index contributed by atoms with van der Waals surface area (Å²) in [4.78, 5) is 14.0. The maximum Gasteiger partial charge on any atom is 0.260 e. The van der Waals surface area contributed by atoms with Crippen molar-refractivity contribution in [3.63, 3.8) is 0 Å². The summed E-state index contributed by atoms with van der Waals surface area (Å²) in [5.74, 6) is -0.757. The molecule has 2 rings (SSSR count). The smallest absolute Gasteiger partial charge is 0.260 e. The molecule has 4 nitrogen and oxygen atoms in total. The van der Waals surface area contributed by atoms with Gasteiger partial charge in [0.15, 0.2) is 0 Å². The van der Waals surface area contributed by atoms with Crippen LogP contribution in [0.3, 0.4) is 0 Å². The molecular weight excluding hydrogens is 247 g/mol. The molecule has 0 unspecified atom stereocenters. The summed E-state index contributed by atoms with van der Waals surface area (Å²) in [7, 11) is 1.41. The summed E-state index contributed by atoms with van der Waals surface area (Å²) >= 11 is 0. The summed E-state index contributed by atoms with van der Waals surface area (Å²) in [5, 5.41) is 8.64. The van der Waals surface area contributed by atoms with E-state index in [4.69, 9.17) is 10.00 Å². The minimum Gasteiger partial charge on any atom is -0.496 e. The van der Waals surface area contributed by atoms with Crippen molar-refractivity contribution >= 4 is 5.91 Å². The molecule has 0 atom stereocenters. The van der Waals surface area contributed by atoms with E-state index in [0.717, 1.165) is 12.8 Å². The molecule has 1 fully saturated rings. The number of carbonyl (C=O) groups is 1. The van der Waals surface area contributed by atoms with Crippen LogP contribution in [0.15, 0.2) is 18.2 Å². The normalized spacial score (nSPS) is 13.7. The molecule has 0 heterocycles. The van der Waals surface area contributed by atoms with Gasteiger partial charge in [-0.25, -0.2) is 4.39 Å². The fourth-order valence-corrected chi connectivity index (χ4v) is 2.03. The Balaban J connectivity index is 2.29. The number of rotatable bonds is 5. The number of benzene rings is 1. The van der Waals surface area contributed by atoms with Gasteiger partial charge in [0, 0.05) is 12.6 Å². The first-order valence-electron chi connectivity index (χ1n) is 6.19. The van der Waals surface area contributed by atoms with Gasteiger partial charge in [-0.1, -0.05) is 6.07 Å². The first kappa shape index (κ1) is 13.3. The summed E-state index contributed by atoms with van der Waals surface area (Å²) in [5.41, 5.74) is -0.0464. The fourth-order valence-electron chi connectivity index (χ4n) is 2.03. The van der Waals surface area contributed by atoms with Crippen molar-refractivity contribution in [1.82, 2.24) is 4.90 Å². The number of nitrogens with zero attached hydrogens (tertiary/aromatic N) is 2. The SMILES string of the molecule is COc1cccc(F)c1C(=O)N(CCC#N)C1CC1. The molecule has 100 valence electrons. The van der Waals surface area contributed by atoms with Crippen molar-refractivity contribution in [1.29, 1.82) is 5.26 Å². The Labute approximate surface area is 111 Å². The molecule has 1 aliphatic carbocycles. The molecule has 5 heteroatoms. The maximum atomic E-state index is 13.9. The van der Waals surface area contributed by atoms with Crippen LogP contribution in [0.2, 0.25) is 0 Å². The lowest BCUT2D eigenvalue weighted by atomic mass is 10.1. The number of carbonyl (C=O) groups excluding carboxylic acids is 1. The second kappa shape index (κ2) is 5.70. The van der Waals surface area contributed by atoms with E-state index in [9.17, 15) is 9.18 Å². The summed E-state index contributed by atoms with van der Waals surface area (Å²) in [6.45, 7) is 0.331. The van der Waals surface area contributed by atoms with Gasteiger partial charge in [-0.05, 0) is 25.0 Å². The van der Waals surface area contributed by atoms with Gasteiger partial charge in [-0.15, -0.1) is 0 Å². The van der Waals surface area contributed by atoms with Crippen LogP contribution < -0.4 is 4.74 Å². The summed E-state index contributed by atoms with van der Waals surface area (Å²) in [6.07, 6.45) is 2.07. The number of nitriles is 1. The molecule has 19 heavy (non-hydrogen) atoms. The van der Waals surface area contributed by atoms with Crippen LogP contribution >= 0.6 is 0 Å². The summed E-state index contributed by atoms with van der Waals surface area (Å²) < 4.78 is 18.9. The Hall–Kier alpha value is -2.09. The van der Waals surface area contributed by atoms with Crippen LogP contribution in [0.1, 0.15) is 29.6 Å². The Kier molecular flexibility index (Phi) is 4.00. The van der Waals surface area contributed by atoms with Crippen molar-refractivity contribution < 1.29 is 13.9 Å². The molecule has 1 aromatic rings. The van der Waals surface area contributed by atoms with Crippen LogP contribution in [0, 0.1) is 17.1 Å². The van der Waals surface area contributed by atoms with Gasteiger partial charge in [0.1, 0.15) is 17.1 Å². The lowest BCUT2D eigenvalue weighted by Gasteiger charge is -2.22. The predicted octanol–water partition coefficient (Wildman–Crippen LogP) is 2.35. The lowest BCUT2D eigenvalue weighted by molar-refractivity contribution is 0.0738. The zero-order valence-corrected chi connectivity index (χ0v) is 10.7. The first-order chi connectivity index (χ1) is 9.19. The molecule has 0 spiro atoms. The van der Waals surface area contributed by atoms with Crippen LogP contribution in [0.4, 0.5) is 4.39 Å². The number of hydrogen-bond acceptors (Lipinski definition) is 3. The second-order valence-corrected chi connectivity index (χ2v) is 4.45. The number of hydrogen-bond donors (Lipinski definition) is 0. The van der Waals surface area contributed by atoms with Gasteiger partial charge >= 0.3 is 0 Å². The average Bonchev–Trinajstić information content (AvgIpc) is 3.23. The largest absolute Gasteiger partial charge is 0.496 e. The number of halogens is 1. The van der Waals surface area contributed by atoms with Gasteiger partial charge in [-0.3, -0.25) is 4.79 Å². The highest BCUT2D eigenvalue weighted by atomic mass is 19.1. The van der Waals surface area contributed by atoms with E-state index in [1.165, 1.54) is 19.2 Å². The van der Waals surface area contributed by atoms with Crippen LogP contribution in [0.5, 0.6) is 5.75 Å². The molecule has 0 aliphatic heterocycles. The van der Waals surface area contributed by atoms with Crippen molar-refractivity contribution in [2.75, 3.05) is 13.7 Å². The van der Waals surface area contributed by atoms with Crippen molar-refractivity contribution in [3.8, 4) is 11.8 Å². The van der Waals surface area contributed by atoms with E-state index in [0.29, 0.717) is 6.54 Å². The van der Waals surface area contributed by atoms with Gasteiger partial charge in [0.2, 0.25) is 0 Å². The van der Waals surface area contributed by atoms with Gasteiger partial charge in [-0.2, -0.15) is 5.26 Å². The average molecular weight is 262 g/mol. The van der Waals surface area contributed by atoms with E-state index in [1.54, 1.807) is 11.0 Å². The molecule has 1 aliphatic rings. The topological polar surface area (TPSA) is 53.3 Å². The lowest BCUT2D eigenvalue weighted by Crippen LogP contribution is -2.34. The number of ether oxygens (including phenoxy) is 1. The third kappa shape index (κ3) is 2.84. The van der Waals surface area contributed by atoms with E-state index in [1.807, 2.05) is 6.07 Å².